The van der Waals surface area contributed by atoms with Crippen molar-refractivity contribution in [3.8, 4) is 11.1 Å². The van der Waals surface area contributed by atoms with Crippen molar-refractivity contribution in [1.29, 1.82) is 0 Å². The van der Waals surface area contributed by atoms with Gasteiger partial charge in [0.05, 0.1) is 0 Å². The molecule has 3 aromatic rings. The molecule has 3 aromatic carbocycles. The number of fused-ring (bicyclic) bond motifs is 1. The van der Waals surface area contributed by atoms with Crippen molar-refractivity contribution < 1.29 is 0 Å². The predicted molar refractivity (Wildman–Crippen MR) is 81.8 cm³/mol. The van der Waals surface area contributed by atoms with E-state index < -0.39 is 0 Å². The summed E-state index contributed by atoms with van der Waals surface area (Å²) in [7, 11) is 0. The second-order valence-electron chi connectivity index (χ2n) is 3.70. The summed E-state index contributed by atoms with van der Waals surface area (Å²) in [4.78, 5) is 0. The van der Waals surface area contributed by atoms with E-state index in [-0.39, 0.29) is 23.1 Å². The van der Waals surface area contributed by atoms with Gasteiger partial charge in [0.25, 0.3) is 0 Å². The van der Waals surface area contributed by atoms with E-state index in [1.807, 2.05) is 0 Å². The van der Waals surface area contributed by atoms with Crippen LogP contribution in [0, 0.1) is 6.92 Å². The van der Waals surface area contributed by atoms with E-state index in [0.29, 0.717) is 0 Å². The summed E-state index contributed by atoms with van der Waals surface area (Å²) in [5.41, 5.74) is 2.62. The van der Waals surface area contributed by atoms with Gasteiger partial charge in [-0.1, -0.05) is 42.0 Å². The molecule has 0 nitrogen and oxygen atoms in total. The number of hydrogen-bond acceptors (Lipinski definition) is 0. The smallest absolute Gasteiger partial charge is 0.346 e. The molecule has 0 heterocycles. The van der Waals surface area contributed by atoms with Crippen LogP contribution in [-0.4, -0.2) is 23.1 Å². The van der Waals surface area contributed by atoms with E-state index >= 15 is 0 Å². The first-order valence-electron chi connectivity index (χ1n) is 5.86. The molecule has 0 saturated heterocycles. The molecule has 3 rings (SSSR count). The number of benzene rings is 2. The van der Waals surface area contributed by atoms with Crippen LogP contribution in [0.5, 0.6) is 0 Å². The Morgan fingerprint density at radius 2 is 1.44 bits per heavy atom. The third-order valence-electron chi connectivity index (χ3n) is 2.77. The van der Waals surface area contributed by atoms with Crippen LogP contribution in [-0.2, 0) is 0 Å². The summed E-state index contributed by atoms with van der Waals surface area (Å²) in [6, 6.07) is 23.4. The summed E-state index contributed by atoms with van der Waals surface area (Å²) in [6.07, 6.45) is 0. The van der Waals surface area contributed by atoms with Gasteiger partial charge in [-0.2, -0.15) is 6.92 Å². The van der Waals surface area contributed by atoms with Crippen LogP contribution in [0.25, 0.3) is 21.9 Å². The normalized spacial score (nSPS) is 9.22. The molecular weight excluding hydrogens is 228 g/mol. The fraction of sp³-hybridized carbons (Fsp3) is 0.0588. The van der Waals surface area contributed by atoms with Gasteiger partial charge < -0.3 is 6.92 Å². The molecule has 0 amide bonds. The van der Waals surface area contributed by atoms with Crippen molar-refractivity contribution in [2.75, 3.05) is 0 Å². The first-order chi connectivity index (χ1) is 8.45. The Labute approximate surface area is 125 Å². The molecule has 0 spiro atoms. The van der Waals surface area contributed by atoms with Gasteiger partial charge in [-0.05, 0) is 0 Å². The Morgan fingerprint density at radius 3 is 2.17 bits per heavy atom. The first kappa shape index (κ1) is 14.9. The van der Waals surface area contributed by atoms with Crippen molar-refractivity contribution in [3.05, 3.63) is 73.7 Å². The van der Waals surface area contributed by atoms with Crippen LogP contribution < -0.4 is 0 Å². The van der Waals surface area contributed by atoms with Crippen molar-refractivity contribution in [1.82, 2.24) is 0 Å². The molecule has 0 aliphatic carbocycles. The molecule has 0 radical (unpaired) electrons. The molecular formula is C17H16Mg. The minimum Gasteiger partial charge on any atom is -0.346 e. The second-order valence-corrected chi connectivity index (χ2v) is 3.70. The molecule has 0 N–H and O–H groups in total. The van der Waals surface area contributed by atoms with Gasteiger partial charge in [-0.15, -0.1) is 46.7 Å². The molecule has 0 atom stereocenters. The van der Waals surface area contributed by atoms with E-state index in [1.165, 1.54) is 21.9 Å². The van der Waals surface area contributed by atoms with Crippen molar-refractivity contribution in [2.24, 2.45) is 0 Å². The SMILES string of the molecule is [CH2-]C.[Mg+2].c1ccc(-c2c[cH-]c3ccccc23)cc1. The maximum atomic E-state index is 3.25. The van der Waals surface area contributed by atoms with Crippen molar-refractivity contribution >= 4 is 33.8 Å². The largest absolute Gasteiger partial charge is 2.00 e. The van der Waals surface area contributed by atoms with Crippen molar-refractivity contribution in [2.45, 2.75) is 6.92 Å². The van der Waals surface area contributed by atoms with Gasteiger partial charge in [-0.25, -0.2) is 0 Å². The van der Waals surface area contributed by atoms with Gasteiger partial charge >= 0.3 is 23.1 Å². The Hall–Kier alpha value is -1.18. The predicted octanol–water partition coefficient (Wildman–Crippen LogP) is 4.69. The summed E-state index contributed by atoms with van der Waals surface area (Å²) >= 11 is 0. The Kier molecular flexibility index (Phi) is 6.03. The number of hydrogen-bond donors (Lipinski definition) is 0. The third kappa shape index (κ3) is 2.98. The second kappa shape index (κ2) is 7.29. The minimum absolute atomic E-state index is 0. The van der Waals surface area contributed by atoms with Gasteiger partial charge in [0.2, 0.25) is 0 Å². The minimum atomic E-state index is 0. The molecule has 18 heavy (non-hydrogen) atoms. The average molecular weight is 245 g/mol. The monoisotopic (exact) mass is 244 g/mol. The molecule has 0 bridgehead atoms. The fourth-order valence-electron chi connectivity index (χ4n) is 2.02. The van der Waals surface area contributed by atoms with E-state index in [4.69, 9.17) is 0 Å². The third-order valence-corrected chi connectivity index (χ3v) is 2.77. The van der Waals surface area contributed by atoms with E-state index in [9.17, 15) is 0 Å². The topological polar surface area (TPSA) is 0 Å². The zero-order chi connectivity index (χ0) is 12.1. The Balaban J connectivity index is 0.000000516. The molecule has 0 unspecified atom stereocenters. The standard InChI is InChI=1S/C15H11.C2H5.Mg/c1-2-6-12(7-3-1)15-11-10-13-8-4-5-9-14(13)15;1-2;/h1-11H;1H2,2H3;/q2*-1;+2. The van der Waals surface area contributed by atoms with Gasteiger partial charge in [0, 0.05) is 0 Å². The Morgan fingerprint density at radius 1 is 0.833 bits per heavy atom. The van der Waals surface area contributed by atoms with E-state index in [2.05, 4.69) is 73.7 Å². The molecule has 0 fully saturated rings. The van der Waals surface area contributed by atoms with Gasteiger partial charge in [-0.3, -0.25) is 0 Å². The average Bonchev–Trinajstić information content (AvgIpc) is 2.86. The molecule has 0 aromatic heterocycles. The summed E-state index contributed by atoms with van der Waals surface area (Å²) in [5.74, 6) is 0. The van der Waals surface area contributed by atoms with Crippen LogP contribution in [0.15, 0.2) is 66.7 Å². The van der Waals surface area contributed by atoms with Crippen LogP contribution in [0.1, 0.15) is 6.92 Å². The summed E-state index contributed by atoms with van der Waals surface area (Å²) < 4.78 is 0. The van der Waals surface area contributed by atoms with Crippen molar-refractivity contribution in [3.63, 3.8) is 0 Å². The molecule has 0 saturated carbocycles. The molecule has 1 heteroatoms. The van der Waals surface area contributed by atoms with Crippen LogP contribution >= 0.6 is 0 Å². The maximum absolute atomic E-state index is 3.25. The van der Waals surface area contributed by atoms with Crippen LogP contribution in [0.3, 0.4) is 0 Å². The quantitative estimate of drug-likeness (QED) is 0.430. The molecule has 0 aliphatic heterocycles. The zero-order valence-corrected chi connectivity index (χ0v) is 12.2. The maximum Gasteiger partial charge on any atom is 2.00 e. The zero-order valence-electron chi connectivity index (χ0n) is 10.8. The van der Waals surface area contributed by atoms with E-state index in [1.54, 1.807) is 6.92 Å². The van der Waals surface area contributed by atoms with Crippen LogP contribution in [0.4, 0.5) is 0 Å². The summed E-state index contributed by atoms with van der Waals surface area (Å²) in [6.45, 7) is 5.00. The fourth-order valence-corrected chi connectivity index (χ4v) is 2.02. The first-order valence-corrected chi connectivity index (χ1v) is 5.86. The van der Waals surface area contributed by atoms with Crippen LogP contribution in [0.2, 0.25) is 0 Å². The van der Waals surface area contributed by atoms with Gasteiger partial charge in [0.1, 0.15) is 0 Å². The summed E-state index contributed by atoms with van der Waals surface area (Å²) in [5, 5.41) is 2.65. The van der Waals surface area contributed by atoms with Gasteiger partial charge in [0.15, 0.2) is 0 Å². The molecule has 0 aliphatic rings. The molecule has 86 valence electrons. The van der Waals surface area contributed by atoms with E-state index in [0.717, 1.165) is 0 Å². The number of rotatable bonds is 1. The Bertz CT molecular complexity index is 579.